The van der Waals surface area contributed by atoms with Crippen LogP contribution in [0.5, 0.6) is 0 Å². The van der Waals surface area contributed by atoms with Gasteiger partial charge in [-0.3, -0.25) is 4.79 Å². The van der Waals surface area contributed by atoms with E-state index in [0.717, 1.165) is 16.7 Å². The number of aromatic nitrogens is 3. The maximum Gasteiger partial charge on any atom is 0.261 e. The lowest BCUT2D eigenvalue weighted by Crippen LogP contribution is -2.25. The zero-order chi connectivity index (χ0) is 19.0. The van der Waals surface area contributed by atoms with E-state index in [1.165, 1.54) is 23.5 Å². The molecule has 3 heterocycles. The highest BCUT2D eigenvalue weighted by atomic mass is 32.1. The molecule has 0 aliphatic rings. The predicted molar refractivity (Wildman–Crippen MR) is 103 cm³/mol. The Hall–Kier alpha value is -3.26. The van der Waals surface area contributed by atoms with Crippen LogP contribution in [0.1, 0.15) is 28.2 Å². The number of rotatable bonds is 4. The van der Waals surface area contributed by atoms with Gasteiger partial charge in [0.1, 0.15) is 5.82 Å². The highest BCUT2D eigenvalue weighted by molar-refractivity contribution is 7.12. The lowest BCUT2D eigenvalue weighted by atomic mass is 10.1. The van der Waals surface area contributed by atoms with Crippen LogP contribution in [-0.2, 0) is 0 Å². The molecule has 1 aromatic carbocycles. The van der Waals surface area contributed by atoms with Gasteiger partial charge >= 0.3 is 0 Å². The smallest absolute Gasteiger partial charge is 0.261 e. The van der Waals surface area contributed by atoms with Crippen LogP contribution in [0.3, 0.4) is 0 Å². The largest absolute Gasteiger partial charge is 0.366 e. The number of carbonyl (C=O) groups excluding carboxylic acids is 1. The van der Waals surface area contributed by atoms with Gasteiger partial charge in [0.15, 0.2) is 5.65 Å². The third-order valence-corrected chi connectivity index (χ3v) is 5.15. The van der Waals surface area contributed by atoms with Crippen molar-refractivity contribution in [3.05, 3.63) is 70.3 Å². The summed E-state index contributed by atoms with van der Waals surface area (Å²) in [7, 11) is 0. The number of nitrogens with one attached hydrogen (secondary N) is 1. The van der Waals surface area contributed by atoms with E-state index >= 15 is 0 Å². The Labute approximate surface area is 158 Å². The summed E-state index contributed by atoms with van der Waals surface area (Å²) in [4.78, 5) is 17.2. The number of carbonyl (C=O) groups is 1. The molecule has 3 N–H and O–H groups in total. The Bertz CT molecular complexity index is 1120. The van der Waals surface area contributed by atoms with Gasteiger partial charge in [-0.05, 0) is 53.8 Å². The first-order valence-electron chi connectivity index (χ1n) is 8.27. The number of fused-ring (bicyclic) bond motifs is 1. The lowest BCUT2D eigenvalue weighted by Gasteiger charge is -2.13. The average Bonchev–Trinajstić information content (AvgIpc) is 3.27. The molecule has 0 aliphatic carbocycles. The van der Waals surface area contributed by atoms with Gasteiger partial charge in [0.05, 0.1) is 10.9 Å². The third-order valence-electron chi connectivity index (χ3n) is 4.22. The highest BCUT2D eigenvalue weighted by Gasteiger charge is 2.14. The molecule has 0 spiro atoms. The van der Waals surface area contributed by atoms with E-state index < -0.39 is 0 Å². The molecule has 8 heteroatoms. The van der Waals surface area contributed by atoms with E-state index in [-0.39, 0.29) is 23.7 Å². The molecule has 27 heavy (non-hydrogen) atoms. The fourth-order valence-corrected chi connectivity index (χ4v) is 3.60. The first kappa shape index (κ1) is 17.2. The molecule has 0 saturated carbocycles. The zero-order valence-electron chi connectivity index (χ0n) is 14.4. The second-order valence-electron chi connectivity index (χ2n) is 6.14. The summed E-state index contributed by atoms with van der Waals surface area (Å²) in [6, 6.07) is 11.4. The Morgan fingerprint density at radius 3 is 2.78 bits per heavy atom. The van der Waals surface area contributed by atoms with Crippen molar-refractivity contribution in [3.8, 4) is 11.1 Å². The van der Waals surface area contributed by atoms with Crippen molar-refractivity contribution in [1.29, 1.82) is 0 Å². The first-order valence-corrected chi connectivity index (χ1v) is 9.15. The summed E-state index contributed by atoms with van der Waals surface area (Å²) in [5.41, 5.74) is 8.94. The van der Waals surface area contributed by atoms with Crippen molar-refractivity contribution in [3.63, 3.8) is 0 Å². The summed E-state index contributed by atoms with van der Waals surface area (Å²) >= 11 is 1.36. The van der Waals surface area contributed by atoms with E-state index in [2.05, 4.69) is 15.4 Å². The molecule has 1 amide bonds. The van der Waals surface area contributed by atoms with E-state index in [1.807, 2.05) is 36.7 Å². The SMILES string of the molecule is C[C@H](NC(=O)c1cc(-c2ccc3nc(N)nn3c2)cs1)c1ccc(F)cc1. The molecule has 0 fully saturated rings. The van der Waals surface area contributed by atoms with Crippen LogP contribution in [0.2, 0.25) is 0 Å². The van der Waals surface area contributed by atoms with Gasteiger partial charge in [0.2, 0.25) is 5.95 Å². The van der Waals surface area contributed by atoms with Crippen LogP contribution in [0.4, 0.5) is 10.3 Å². The van der Waals surface area contributed by atoms with Crippen LogP contribution >= 0.6 is 11.3 Å². The van der Waals surface area contributed by atoms with Crippen LogP contribution in [0, 0.1) is 5.82 Å². The monoisotopic (exact) mass is 381 g/mol. The predicted octanol–water partition coefficient (Wildman–Crippen LogP) is 3.67. The zero-order valence-corrected chi connectivity index (χ0v) is 15.2. The molecule has 0 saturated heterocycles. The Balaban J connectivity index is 1.52. The number of nitrogens with zero attached hydrogens (tertiary/aromatic N) is 3. The standard InChI is InChI=1S/C19H16FN5OS/c1-11(12-2-5-15(20)6-3-12)22-18(26)16-8-14(10-27-16)13-4-7-17-23-19(21)24-25(17)9-13/h2-11H,1H3,(H2,21,24)(H,22,26)/t11-/m0/s1. The van der Waals surface area contributed by atoms with Gasteiger partial charge in [-0.25, -0.2) is 8.91 Å². The third kappa shape index (κ3) is 3.52. The molecule has 136 valence electrons. The summed E-state index contributed by atoms with van der Waals surface area (Å²) in [5.74, 6) is -0.257. The second-order valence-corrected chi connectivity index (χ2v) is 7.05. The highest BCUT2D eigenvalue weighted by Crippen LogP contribution is 2.26. The van der Waals surface area contributed by atoms with Gasteiger partial charge in [-0.2, -0.15) is 4.98 Å². The van der Waals surface area contributed by atoms with Crippen molar-refractivity contribution >= 4 is 28.8 Å². The molecular weight excluding hydrogens is 365 g/mol. The summed E-state index contributed by atoms with van der Waals surface area (Å²) in [6.45, 7) is 1.86. The molecule has 0 radical (unpaired) electrons. The maximum atomic E-state index is 13.0. The normalized spacial score (nSPS) is 12.2. The van der Waals surface area contributed by atoms with Crippen LogP contribution in [-0.4, -0.2) is 20.5 Å². The van der Waals surface area contributed by atoms with Crippen molar-refractivity contribution < 1.29 is 9.18 Å². The number of nitrogens with two attached hydrogens (primary N) is 1. The van der Waals surface area contributed by atoms with Crippen molar-refractivity contribution in [1.82, 2.24) is 19.9 Å². The number of anilines is 1. The first-order chi connectivity index (χ1) is 13.0. The molecule has 0 unspecified atom stereocenters. The van der Waals surface area contributed by atoms with E-state index in [0.29, 0.717) is 10.5 Å². The second kappa shape index (κ2) is 6.81. The van der Waals surface area contributed by atoms with Crippen LogP contribution in [0.25, 0.3) is 16.8 Å². The molecule has 6 nitrogen and oxygen atoms in total. The van der Waals surface area contributed by atoms with E-state index in [1.54, 1.807) is 16.6 Å². The number of hydrogen-bond acceptors (Lipinski definition) is 5. The minimum Gasteiger partial charge on any atom is -0.366 e. The van der Waals surface area contributed by atoms with Crippen LogP contribution in [0.15, 0.2) is 54.0 Å². The molecular formula is C19H16FN5OS. The molecule has 0 aliphatic heterocycles. The van der Waals surface area contributed by atoms with Gasteiger partial charge in [-0.1, -0.05) is 12.1 Å². The van der Waals surface area contributed by atoms with Crippen molar-refractivity contribution in [2.75, 3.05) is 5.73 Å². The van der Waals surface area contributed by atoms with Crippen LogP contribution < -0.4 is 11.1 Å². The number of benzene rings is 1. The summed E-state index contributed by atoms with van der Waals surface area (Å²) in [6.07, 6.45) is 1.82. The number of nitrogen functional groups attached to an aromatic ring is 1. The molecule has 3 aromatic heterocycles. The number of halogens is 1. The fraction of sp³-hybridized carbons (Fsp3) is 0.105. The number of hydrogen-bond donors (Lipinski definition) is 2. The molecule has 4 aromatic rings. The van der Waals surface area contributed by atoms with Gasteiger partial charge in [0, 0.05) is 11.8 Å². The van der Waals surface area contributed by atoms with Gasteiger partial charge < -0.3 is 11.1 Å². The van der Waals surface area contributed by atoms with E-state index in [4.69, 9.17) is 5.73 Å². The van der Waals surface area contributed by atoms with Crippen molar-refractivity contribution in [2.45, 2.75) is 13.0 Å². The molecule has 1 atom stereocenters. The maximum absolute atomic E-state index is 13.0. The quantitative estimate of drug-likeness (QED) is 0.565. The lowest BCUT2D eigenvalue weighted by molar-refractivity contribution is 0.0944. The molecule has 4 rings (SSSR count). The minimum atomic E-state index is -0.300. The minimum absolute atomic E-state index is 0.172. The number of thiophene rings is 1. The Morgan fingerprint density at radius 2 is 2.00 bits per heavy atom. The summed E-state index contributed by atoms with van der Waals surface area (Å²) in [5, 5.41) is 8.95. The Morgan fingerprint density at radius 1 is 1.22 bits per heavy atom. The summed E-state index contributed by atoms with van der Waals surface area (Å²) < 4.78 is 14.6. The number of amides is 1. The number of pyridine rings is 1. The topological polar surface area (TPSA) is 85.3 Å². The fourth-order valence-electron chi connectivity index (χ4n) is 2.78. The van der Waals surface area contributed by atoms with E-state index in [9.17, 15) is 9.18 Å². The van der Waals surface area contributed by atoms with Crippen molar-refractivity contribution in [2.24, 2.45) is 0 Å². The average molecular weight is 381 g/mol. The van der Waals surface area contributed by atoms with Gasteiger partial charge in [-0.15, -0.1) is 16.4 Å². The van der Waals surface area contributed by atoms with Gasteiger partial charge in [0.25, 0.3) is 5.91 Å². The Kier molecular flexibility index (Phi) is 4.33. The molecule has 0 bridgehead atoms.